The van der Waals surface area contributed by atoms with Gasteiger partial charge in [0.15, 0.2) is 0 Å². The summed E-state index contributed by atoms with van der Waals surface area (Å²) in [6.07, 6.45) is 0.213. The van der Waals surface area contributed by atoms with E-state index in [4.69, 9.17) is 9.47 Å². The average molecular weight is 314 g/mol. The summed E-state index contributed by atoms with van der Waals surface area (Å²) in [5.41, 5.74) is 2.49. The molecule has 23 heavy (non-hydrogen) atoms. The molecule has 0 amide bonds. The highest BCUT2D eigenvalue weighted by molar-refractivity contribution is 5.85. The van der Waals surface area contributed by atoms with Gasteiger partial charge in [-0.15, -0.1) is 0 Å². The number of methoxy groups -OCH3 is 1. The highest BCUT2D eigenvalue weighted by atomic mass is 16.5. The summed E-state index contributed by atoms with van der Waals surface area (Å²) in [6, 6.07) is 8.32. The van der Waals surface area contributed by atoms with Crippen LogP contribution in [0, 0.1) is 17.8 Å². The summed E-state index contributed by atoms with van der Waals surface area (Å²) in [5.74, 6) is 0.412. The molecule has 3 aliphatic rings. The molecule has 0 aromatic heterocycles. The van der Waals surface area contributed by atoms with E-state index < -0.39 is 0 Å². The molecule has 4 heteroatoms. The van der Waals surface area contributed by atoms with Crippen LogP contribution < -0.4 is 0 Å². The molecule has 7 atom stereocenters. The van der Waals surface area contributed by atoms with Crippen molar-refractivity contribution in [1.29, 1.82) is 0 Å². The van der Waals surface area contributed by atoms with Crippen LogP contribution >= 0.6 is 0 Å². The second-order valence-corrected chi connectivity index (χ2v) is 7.16. The Bertz CT molecular complexity index is 667. The van der Waals surface area contributed by atoms with E-state index in [0.717, 1.165) is 0 Å². The van der Waals surface area contributed by atoms with Gasteiger partial charge in [-0.05, 0) is 11.1 Å². The van der Waals surface area contributed by atoms with Gasteiger partial charge in [0.05, 0.1) is 25.7 Å². The predicted octanol–water partition coefficient (Wildman–Crippen LogP) is 2.67. The van der Waals surface area contributed by atoms with Crippen molar-refractivity contribution in [2.45, 2.75) is 44.3 Å². The fourth-order valence-electron chi connectivity index (χ4n) is 5.13. The maximum Gasteiger partial charge on any atom is 0.306 e. The third-order valence-corrected chi connectivity index (χ3v) is 6.18. The molecule has 1 aromatic carbocycles. The van der Waals surface area contributed by atoms with Crippen LogP contribution in [0.15, 0.2) is 24.3 Å². The Morgan fingerprint density at radius 2 is 1.78 bits per heavy atom. The van der Waals surface area contributed by atoms with Gasteiger partial charge in [-0.3, -0.25) is 9.59 Å². The lowest BCUT2D eigenvalue weighted by atomic mass is 9.79. The Labute approximate surface area is 136 Å². The van der Waals surface area contributed by atoms with E-state index in [0.29, 0.717) is 12.2 Å². The van der Waals surface area contributed by atoms with E-state index in [1.807, 2.05) is 26.0 Å². The van der Waals surface area contributed by atoms with E-state index in [9.17, 15) is 9.59 Å². The van der Waals surface area contributed by atoms with Crippen LogP contribution in [-0.2, 0) is 19.1 Å². The van der Waals surface area contributed by atoms with Crippen LogP contribution in [-0.4, -0.2) is 31.1 Å². The van der Waals surface area contributed by atoms with Gasteiger partial charge in [0.25, 0.3) is 0 Å². The van der Waals surface area contributed by atoms with Crippen molar-refractivity contribution in [2.24, 2.45) is 17.8 Å². The number of carbonyl (C=O) groups is 2. The minimum absolute atomic E-state index is 0.0579. The lowest BCUT2D eigenvalue weighted by Crippen LogP contribution is -2.42. The summed E-state index contributed by atoms with van der Waals surface area (Å²) in [7, 11) is 1.43. The molecular weight excluding hydrogens is 292 g/mol. The van der Waals surface area contributed by atoms with E-state index in [1.165, 1.54) is 18.2 Å². The molecule has 2 saturated heterocycles. The summed E-state index contributed by atoms with van der Waals surface area (Å²) >= 11 is 0. The Morgan fingerprint density at radius 3 is 2.48 bits per heavy atom. The number of ether oxygens (including phenoxy) is 2. The fraction of sp³-hybridized carbons (Fsp3) is 0.579. The maximum atomic E-state index is 12.5. The van der Waals surface area contributed by atoms with Gasteiger partial charge < -0.3 is 9.47 Å². The molecule has 0 spiro atoms. The molecule has 122 valence electrons. The molecule has 2 aliphatic heterocycles. The second kappa shape index (κ2) is 5.17. The third-order valence-electron chi connectivity index (χ3n) is 6.18. The van der Waals surface area contributed by atoms with Crippen molar-refractivity contribution >= 4 is 11.8 Å². The van der Waals surface area contributed by atoms with Gasteiger partial charge in [0.1, 0.15) is 5.78 Å². The lowest BCUT2D eigenvalue weighted by molar-refractivity contribution is -0.147. The molecule has 4 nitrogen and oxygen atoms in total. The zero-order valence-electron chi connectivity index (χ0n) is 13.7. The molecule has 1 aliphatic carbocycles. The van der Waals surface area contributed by atoms with Gasteiger partial charge >= 0.3 is 5.97 Å². The number of Topliss-reactive ketones (excluding diaryl/α,β-unsaturated/α-hetero) is 1. The highest BCUT2D eigenvalue weighted by Crippen LogP contribution is 2.60. The van der Waals surface area contributed by atoms with Gasteiger partial charge in [-0.1, -0.05) is 38.1 Å². The first kappa shape index (κ1) is 14.9. The van der Waals surface area contributed by atoms with E-state index >= 15 is 0 Å². The summed E-state index contributed by atoms with van der Waals surface area (Å²) < 4.78 is 11.2. The van der Waals surface area contributed by atoms with Gasteiger partial charge in [-0.2, -0.15) is 0 Å². The number of hydrogen-bond donors (Lipinski definition) is 0. The van der Waals surface area contributed by atoms with Gasteiger partial charge in [0, 0.05) is 29.6 Å². The summed E-state index contributed by atoms with van der Waals surface area (Å²) in [4.78, 5) is 24.5. The molecule has 2 bridgehead atoms. The standard InChI is InChI=1S/C19H22O4/c1-9-17(21)10(2)19-16-13(8-14(20)22-3)11-6-4-5-7-12(11)15(16)18(9)23-19/h4-7,9-10,13,15-16,18-19H,8H2,1-3H3/t9-,10+,13-,15-,16+,18+,19-/m1/s1. The quantitative estimate of drug-likeness (QED) is 0.788. The molecule has 2 heterocycles. The number of carbonyl (C=O) groups excluding carboxylic acids is 2. The molecule has 0 radical (unpaired) electrons. The maximum absolute atomic E-state index is 12.5. The number of ketones is 1. The van der Waals surface area contributed by atoms with Crippen molar-refractivity contribution in [1.82, 2.24) is 0 Å². The normalized spacial score (nSPS) is 40.7. The van der Waals surface area contributed by atoms with E-state index in [2.05, 4.69) is 12.1 Å². The van der Waals surface area contributed by atoms with Crippen molar-refractivity contribution in [2.75, 3.05) is 7.11 Å². The zero-order chi connectivity index (χ0) is 16.3. The van der Waals surface area contributed by atoms with Crippen molar-refractivity contribution < 1.29 is 19.1 Å². The van der Waals surface area contributed by atoms with Gasteiger partial charge in [0.2, 0.25) is 0 Å². The van der Waals surface area contributed by atoms with Crippen molar-refractivity contribution in [3.05, 3.63) is 35.4 Å². The van der Waals surface area contributed by atoms with Crippen LogP contribution in [0.2, 0.25) is 0 Å². The largest absolute Gasteiger partial charge is 0.469 e. The first-order valence-electron chi connectivity index (χ1n) is 8.39. The van der Waals surface area contributed by atoms with Crippen molar-refractivity contribution in [3.63, 3.8) is 0 Å². The first-order valence-corrected chi connectivity index (χ1v) is 8.39. The van der Waals surface area contributed by atoms with Crippen molar-refractivity contribution in [3.8, 4) is 0 Å². The minimum Gasteiger partial charge on any atom is -0.469 e. The summed E-state index contributed by atoms with van der Waals surface area (Å²) in [6.45, 7) is 3.96. The monoisotopic (exact) mass is 314 g/mol. The fourth-order valence-corrected chi connectivity index (χ4v) is 5.13. The SMILES string of the molecule is COC(=O)C[C@@H]1c2ccccc2[C@H]2[C@H]3O[C@@H]([C@H]21)[C@@H](C)C(=O)[C@H]3C. The smallest absolute Gasteiger partial charge is 0.306 e. The predicted molar refractivity (Wildman–Crippen MR) is 84.0 cm³/mol. The molecule has 4 rings (SSSR count). The Hall–Kier alpha value is -1.68. The molecule has 0 N–H and O–H groups in total. The minimum atomic E-state index is -0.195. The lowest BCUT2D eigenvalue weighted by Gasteiger charge is -2.34. The number of rotatable bonds is 2. The topological polar surface area (TPSA) is 52.6 Å². The molecule has 0 unspecified atom stereocenters. The first-order chi connectivity index (χ1) is 11.0. The number of hydrogen-bond acceptors (Lipinski definition) is 4. The van der Waals surface area contributed by atoms with Crippen LogP contribution in [0.5, 0.6) is 0 Å². The number of esters is 1. The second-order valence-electron chi connectivity index (χ2n) is 7.16. The average Bonchev–Trinajstić information content (AvgIpc) is 3.07. The number of fused-ring (bicyclic) bond motifs is 7. The Kier molecular flexibility index (Phi) is 3.34. The van der Waals surface area contributed by atoms with Crippen LogP contribution in [0.3, 0.4) is 0 Å². The third kappa shape index (κ3) is 1.94. The van der Waals surface area contributed by atoms with Crippen LogP contribution in [0.1, 0.15) is 43.2 Å². The molecule has 1 aromatic rings. The van der Waals surface area contributed by atoms with Crippen LogP contribution in [0.4, 0.5) is 0 Å². The highest BCUT2D eigenvalue weighted by Gasteiger charge is 2.61. The molecular formula is C19H22O4. The summed E-state index contributed by atoms with van der Waals surface area (Å²) in [5, 5.41) is 0. The van der Waals surface area contributed by atoms with E-state index in [1.54, 1.807) is 0 Å². The Morgan fingerprint density at radius 1 is 1.13 bits per heavy atom. The molecule has 2 fully saturated rings. The Balaban J connectivity index is 1.80. The zero-order valence-corrected chi connectivity index (χ0v) is 13.7. The van der Waals surface area contributed by atoms with E-state index in [-0.39, 0.29) is 47.8 Å². The van der Waals surface area contributed by atoms with Gasteiger partial charge in [-0.25, -0.2) is 0 Å². The number of benzene rings is 1. The molecule has 0 saturated carbocycles. The van der Waals surface area contributed by atoms with Crippen LogP contribution in [0.25, 0.3) is 0 Å².